The summed E-state index contributed by atoms with van der Waals surface area (Å²) in [6.07, 6.45) is 1.12. The van der Waals surface area contributed by atoms with Crippen LogP contribution in [0.4, 0.5) is 0 Å². The highest BCUT2D eigenvalue weighted by Crippen LogP contribution is 2.25. The molecule has 0 spiro atoms. The highest BCUT2D eigenvalue weighted by atomic mass is 79.9. The number of hydrogen-bond acceptors (Lipinski definition) is 3. The molecular formula is C13H17BrO4. The van der Waals surface area contributed by atoms with E-state index in [0.717, 1.165) is 0 Å². The molecule has 1 rings (SSSR count). The Kier molecular flexibility index (Phi) is 5.16. The van der Waals surface area contributed by atoms with Gasteiger partial charge in [-0.1, -0.05) is 29.8 Å². The standard InChI is InChI=1S/C13H17BrO4/c1-3-13(17,4-2)8-18-11-6-5-9(14)7-10(11)12(15)16/h5-7,17H,3-4,8H2,1-2H3,(H,15,16). The highest BCUT2D eigenvalue weighted by molar-refractivity contribution is 9.10. The minimum atomic E-state index is -1.05. The second-order valence-electron chi connectivity index (χ2n) is 4.17. The number of hydrogen-bond donors (Lipinski definition) is 2. The first kappa shape index (κ1) is 15.0. The number of carboxylic acid groups (broad SMARTS) is 1. The Balaban J connectivity index is 2.88. The molecule has 1 aromatic rings. The van der Waals surface area contributed by atoms with E-state index < -0.39 is 11.6 Å². The summed E-state index contributed by atoms with van der Waals surface area (Å²) >= 11 is 3.21. The summed E-state index contributed by atoms with van der Waals surface area (Å²) < 4.78 is 6.12. The van der Waals surface area contributed by atoms with Crippen molar-refractivity contribution in [1.29, 1.82) is 0 Å². The van der Waals surface area contributed by atoms with Crippen LogP contribution in [0.5, 0.6) is 5.75 Å². The van der Waals surface area contributed by atoms with Crippen LogP contribution in [0.1, 0.15) is 37.0 Å². The highest BCUT2D eigenvalue weighted by Gasteiger charge is 2.24. The normalized spacial score (nSPS) is 11.3. The van der Waals surface area contributed by atoms with Gasteiger partial charge in [0, 0.05) is 4.47 Å². The molecule has 1 aromatic carbocycles. The fraction of sp³-hybridized carbons (Fsp3) is 0.462. The second-order valence-corrected chi connectivity index (χ2v) is 5.08. The molecule has 0 atom stereocenters. The second kappa shape index (κ2) is 6.20. The van der Waals surface area contributed by atoms with Crippen LogP contribution in [0.2, 0.25) is 0 Å². The minimum absolute atomic E-state index is 0.0823. The van der Waals surface area contributed by atoms with Gasteiger partial charge in [-0.05, 0) is 31.0 Å². The quantitative estimate of drug-likeness (QED) is 0.846. The number of rotatable bonds is 6. The monoisotopic (exact) mass is 316 g/mol. The molecule has 0 bridgehead atoms. The van der Waals surface area contributed by atoms with Crippen LogP contribution in [-0.2, 0) is 0 Å². The summed E-state index contributed by atoms with van der Waals surface area (Å²) in [4.78, 5) is 11.1. The zero-order valence-electron chi connectivity index (χ0n) is 10.4. The van der Waals surface area contributed by atoms with Crippen molar-refractivity contribution in [2.75, 3.05) is 6.61 Å². The number of carboxylic acids is 1. The first-order chi connectivity index (χ1) is 8.41. The van der Waals surface area contributed by atoms with Crippen molar-refractivity contribution >= 4 is 21.9 Å². The van der Waals surface area contributed by atoms with E-state index in [9.17, 15) is 9.90 Å². The number of aliphatic hydroxyl groups is 1. The number of carbonyl (C=O) groups is 1. The predicted octanol–water partition coefficient (Wildman–Crippen LogP) is 3.08. The van der Waals surface area contributed by atoms with Gasteiger partial charge < -0.3 is 14.9 Å². The Morgan fingerprint density at radius 2 is 2.00 bits per heavy atom. The van der Waals surface area contributed by atoms with Crippen LogP contribution in [0, 0.1) is 0 Å². The molecule has 2 N–H and O–H groups in total. The van der Waals surface area contributed by atoms with Gasteiger partial charge in [0.15, 0.2) is 0 Å². The predicted molar refractivity (Wildman–Crippen MR) is 72.1 cm³/mol. The van der Waals surface area contributed by atoms with E-state index in [0.29, 0.717) is 17.3 Å². The van der Waals surface area contributed by atoms with Gasteiger partial charge in [-0.15, -0.1) is 0 Å². The van der Waals surface area contributed by atoms with E-state index in [-0.39, 0.29) is 17.9 Å². The Bertz CT molecular complexity index is 427. The molecule has 4 nitrogen and oxygen atoms in total. The van der Waals surface area contributed by atoms with E-state index in [1.807, 2.05) is 13.8 Å². The van der Waals surface area contributed by atoms with E-state index >= 15 is 0 Å². The van der Waals surface area contributed by atoms with Crippen molar-refractivity contribution in [2.45, 2.75) is 32.3 Å². The first-order valence-corrected chi connectivity index (χ1v) is 6.59. The molecule has 0 aromatic heterocycles. The van der Waals surface area contributed by atoms with Crippen LogP contribution < -0.4 is 4.74 Å². The molecule has 5 heteroatoms. The van der Waals surface area contributed by atoms with Crippen LogP contribution in [0.3, 0.4) is 0 Å². The van der Waals surface area contributed by atoms with E-state index in [2.05, 4.69) is 15.9 Å². The van der Waals surface area contributed by atoms with Gasteiger partial charge in [0.1, 0.15) is 17.9 Å². The van der Waals surface area contributed by atoms with Crippen LogP contribution in [0.15, 0.2) is 22.7 Å². The third-order valence-corrected chi connectivity index (χ3v) is 3.48. The zero-order chi connectivity index (χ0) is 13.8. The van der Waals surface area contributed by atoms with Gasteiger partial charge in [0.05, 0.1) is 5.60 Å². The number of aromatic carboxylic acids is 1. The third-order valence-electron chi connectivity index (χ3n) is 2.98. The van der Waals surface area contributed by atoms with E-state index in [1.54, 1.807) is 12.1 Å². The molecule has 0 saturated carbocycles. The Morgan fingerprint density at radius 3 is 2.50 bits per heavy atom. The Labute approximate surface area is 115 Å². The van der Waals surface area contributed by atoms with Gasteiger partial charge in [-0.25, -0.2) is 4.79 Å². The molecule has 18 heavy (non-hydrogen) atoms. The maximum atomic E-state index is 11.1. The number of halogens is 1. The van der Waals surface area contributed by atoms with Gasteiger partial charge in [-0.2, -0.15) is 0 Å². The molecular weight excluding hydrogens is 300 g/mol. The average molecular weight is 317 g/mol. The zero-order valence-corrected chi connectivity index (χ0v) is 12.0. The molecule has 0 aliphatic rings. The summed E-state index contributed by atoms with van der Waals surface area (Å²) in [7, 11) is 0. The Hall–Kier alpha value is -1.07. The summed E-state index contributed by atoms with van der Waals surface area (Å²) in [5.41, 5.74) is -0.831. The summed E-state index contributed by atoms with van der Waals surface area (Å²) in [5, 5.41) is 19.2. The SMILES string of the molecule is CCC(O)(CC)COc1ccc(Br)cc1C(=O)O. The maximum absolute atomic E-state index is 11.1. The van der Waals surface area contributed by atoms with E-state index in [1.165, 1.54) is 6.07 Å². The lowest BCUT2D eigenvalue weighted by atomic mass is 9.99. The van der Waals surface area contributed by atoms with Crippen molar-refractivity contribution in [3.8, 4) is 5.75 Å². The Morgan fingerprint density at radius 1 is 1.39 bits per heavy atom. The number of ether oxygens (including phenoxy) is 1. The first-order valence-electron chi connectivity index (χ1n) is 5.80. The smallest absolute Gasteiger partial charge is 0.339 e. The molecule has 0 saturated heterocycles. The van der Waals surface area contributed by atoms with Crippen LogP contribution in [0.25, 0.3) is 0 Å². The molecule has 0 aliphatic heterocycles. The van der Waals surface area contributed by atoms with Gasteiger partial charge in [0.2, 0.25) is 0 Å². The van der Waals surface area contributed by atoms with Crippen molar-refractivity contribution in [3.63, 3.8) is 0 Å². The molecule has 0 amide bonds. The van der Waals surface area contributed by atoms with E-state index in [4.69, 9.17) is 9.84 Å². The summed E-state index contributed by atoms with van der Waals surface area (Å²) in [5.74, 6) is -0.783. The lowest BCUT2D eigenvalue weighted by Gasteiger charge is -2.25. The lowest BCUT2D eigenvalue weighted by Crippen LogP contribution is -2.34. The summed E-state index contributed by atoms with van der Waals surface area (Å²) in [6.45, 7) is 3.82. The van der Waals surface area contributed by atoms with Gasteiger partial charge in [0.25, 0.3) is 0 Å². The maximum Gasteiger partial charge on any atom is 0.339 e. The van der Waals surface area contributed by atoms with Gasteiger partial charge >= 0.3 is 5.97 Å². The van der Waals surface area contributed by atoms with Crippen molar-refractivity contribution < 1.29 is 19.7 Å². The van der Waals surface area contributed by atoms with Crippen LogP contribution in [-0.4, -0.2) is 28.4 Å². The molecule has 0 radical (unpaired) electrons. The molecule has 0 heterocycles. The van der Waals surface area contributed by atoms with Gasteiger partial charge in [-0.3, -0.25) is 0 Å². The number of benzene rings is 1. The fourth-order valence-corrected chi connectivity index (χ4v) is 1.82. The topological polar surface area (TPSA) is 66.8 Å². The average Bonchev–Trinajstić information content (AvgIpc) is 2.36. The molecule has 100 valence electrons. The molecule has 0 fully saturated rings. The largest absolute Gasteiger partial charge is 0.490 e. The molecule has 0 unspecified atom stereocenters. The van der Waals surface area contributed by atoms with Crippen molar-refractivity contribution in [1.82, 2.24) is 0 Å². The fourth-order valence-electron chi connectivity index (χ4n) is 1.46. The van der Waals surface area contributed by atoms with Crippen molar-refractivity contribution in [3.05, 3.63) is 28.2 Å². The lowest BCUT2D eigenvalue weighted by molar-refractivity contribution is -0.0117. The summed E-state index contributed by atoms with van der Waals surface area (Å²) in [6, 6.07) is 4.77. The third kappa shape index (κ3) is 3.71. The molecule has 0 aliphatic carbocycles. The van der Waals surface area contributed by atoms with Crippen LogP contribution >= 0.6 is 15.9 Å². The van der Waals surface area contributed by atoms with Crippen molar-refractivity contribution in [2.24, 2.45) is 0 Å². The minimum Gasteiger partial charge on any atom is -0.490 e.